The van der Waals surface area contributed by atoms with Gasteiger partial charge < -0.3 is 42.3 Å². The number of nitrogens with zero attached hydrogens (tertiary/aromatic N) is 2. The first-order valence-electron chi connectivity index (χ1n) is 24.0. The van der Waals surface area contributed by atoms with Crippen LogP contribution in [0, 0.1) is 21.7 Å². The van der Waals surface area contributed by atoms with Crippen molar-refractivity contribution in [1.29, 1.82) is 0 Å². The van der Waals surface area contributed by atoms with E-state index < -0.39 is 50.1 Å². The number of primary amides is 1. The summed E-state index contributed by atoms with van der Waals surface area (Å²) in [6.45, 7) is 28.4. The Kier molecular flexibility index (Phi) is 23.9. The van der Waals surface area contributed by atoms with Gasteiger partial charge in [-0.1, -0.05) is 126 Å². The molecule has 0 fully saturated rings. The quantitative estimate of drug-likeness (QED) is 0.0771. The number of nitrogens with two attached hydrogens (primary N) is 3. The SMILES string of the molecule is CC(C)(C)COc1cccc(N)c1C(N)=O.CC(C)(C)COc1cccc2c1C(=O)NS(=O)(=O)C2.CC(C)(C)COc1cccc2c1C(N)=NS(=O)(=O)C2.CC1=NS(=O)(=O)Cc2cccc(OCC(C)(C)C)c21.N.O=S(=O)(Cl)Cl. The van der Waals surface area contributed by atoms with Gasteiger partial charge in [0.15, 0.2) is 0 Å². The van der Waals surface area contributed by atoms with Gasteiger partial charge in [0, 0.05) is 32.6 Å². The summed E-state index contributed by atoms with van der Waals surface area (Å²) in [6.07, 6.45) is 0. The van der Waals surface area contributed by atoms with Gasteiger partial charge in [-0.15, -0.1) is 4.40 Å². The summed E-state index contributed by atoms with van der Waals surface area (Å²) in [5.74, 6) is 0.621. The van der Waals surface area contributed by atoms with Gasteiger partial charge in [-0.25, -0.2) is 30.0 Å². The Balaban J connectivity index is 0.000000349. The number of ether oxygens (including phenoxy) is 4. The molecule has 3 heterocycles. The molecule has 21 nitrogen and oxygen atoms in total. The van der Waals surface area contributed by atoms with Crippen molar-refractivity contribution < 1.29 is 62.2 Å². The van der Waals surface area contributed by atoms with Crippen LogP contribution in [0.15, 0.2) is 81.6 Å². The lowest BCUT2D eigenvalue weighted by atomic mass is 9.98. The number of benzene rings is 4. The maximum Gasteiger partial charge on any atom is 0.317 e. The zero-order valence-corrected chi connectivity index (χ0v) is 51.6. The van der Waals surface area contributed by atoms with Gasteiger partial charge in [0.2, 0.25) is 10.0 Å². The first kappa shape index (κ1) is 69.4. The summed E-state index contributed by atoms with van der Waals surface area (Å²) >= 11 is 0. The zero-order valence-electron chi connectivity index (χ0n) is 46.8. The van der Waals surface area contributed by atoms with Crippen LogP contribution in [0.25, 0.3) is 0 Å². The number of anilines is 1. The van der Waals surface area contributed by atoms with Crippen molar-refractivity contribution in [1.82, 2.24) is 10.9 Å². The smallest absolute Gasteiger partial charge is 0.317 e. The number of fused-ring (bicyclic) bond motifs is 3. The second kappa shape index (κ2) is 27.2. The molecule has 7 rings (SSSR count). The van der Waals surface area contributed by atoms with Gasteiger partial charge in [-0.3, -0.25) is 9.59 Å². The van der Waals surface area contributed by atoms with Crippen LogP contribution < -0.4 is 47.0 Å². The molecule has 4 aromatic carbocycles. The fourth-order valence-corrected chi connectivity index (χ4v) is 10.3. The minimum absolute atomic E-state index is 0. The number of halogens is 2. The van der Waals surface area contributed by atoms with Crippen LogP contribution in [-0.4, -0.2) is 83.5 Å². The van der Waals surface area contributed by atoms with Gasteiger partial charge in [0.25, 0.3) is 31.9 Å². The maximum atomic E-state index is 11.9. The second-order valence-electron chi connectivity index (χ2n) is 23.0. The molecule has 79 heavy (non-hydrogen) atoms. The first-order valence-corrected chi connectivity index (χ1v) is 32.0. The van der Waals surface area contributed by atoms with Crippen molar-refractivity contribution in [3.8, 4) is 23.0 Å². The lowest BCUT2D eigenvalue weighted by molar-refractivity contribution is 0.0967. The molecule has 0 aromatic heterocycles. The molecule has 27 heteroatoms. The van der Waals surface area contributed by atoms with Crippen LogP contribution >= 0.6 is 21.4 Å². The van der Waals surface area contributed by atoms with Gasteiger partial charge in [-0.05, 0) is 75.6 Å². The zero-order chi connectivity index (χ0) is 59.6. The van der Waals surface area contributed by atoms with Crippen LogP contribution in [0.5, 0.6) is 23.0 Å². The number of amides is 2. The van der Waals surface area contributed by atoms with E-state index >= 15 is 0 Å². The summed E-state index contributed by atoms with van der Waals surface area (Å²) in [4.78, 5) is 23.1. The molecular weight excluding hydrogens is 1150 g/mol. The van der Waals surface area contributed by atoms with Crippen LogP contribution in [0.1, 0.15) is 139 Å². The molecular formula is C52H75Cl2N7O14S4. The van der Waals surface area contributed by atoms with E-state index in [0.29, 0.717) is 83.1 Å². The number of hydrogen-bond acceptors (Lipinski definition) is 17. The van der Waals surface area contributed by atoms with Crippen molar-refractivity contribution in [3.63, 3.8) is 0 Å². The van der Waals surface area contributed by atoms with Crippen molar-refractivity contribution in [3.05, 3.63) is 112 Å². The van der Waals surface area contributed by atoms with Gasteiger partial charge in [0.05, 0.1) is 60.5 Å². The number of sulfonamides is 3. The van der Waals surface area contributed by atoms with E-state index in [4.69, 9.17) is 44.6 Å². The molecule has 3 aliphatic heterocycles. The standard InChI is InChI=1S/C14H19NO3S.C13H18N2O3S.C13H17NO4S.C12H18N2O2.Cl2O2S.H3N/c1-10-13-11(8-19(16,17)15-10)6-5-7-12(13)18-9-14(2,3)4;1-13(2,3)8-18-10-6-4-5-9-7-19(16,17)15-12(14)11(9)10;1-13(2,3)8-18-10-6-4-5-9-7-19(16,17)14-12(15)11(9)10;1-12(2,3)7-16-9-6-4-5-8(13)10(9)11(14)15;1-5(2,3)4;/h5-7H,8-9H2,1-4H3;4-6H,7-8H2,1-3H3,(H2,14,15);4-6H,7-8H2,1-3H3,(H,14,15);4-6H,7,13H2,1-3H3,(H2,14,15);;1H3. The number of amidine groups is 1. The van der Waals surface area contributed by atoms with Crippen molar-refractivity contribution >= 4 is 88.7 Å². The highest BCUT2D eigenvalue weighted by Crippen LogP contribution is 2.33. The Bertz CT molecular complexity index is 3230. The van der Waals surface area contributed by atoms with Gasteiger partial charge >= 0.3 is 8.26 Å². The molecule has 10 N–H and O–H groups in total. The monoisotopic (exact) mass is 1220 g/mol. The fraction of sp³-hybridized carbons (Fsp3) is 0.462. The van der Waals surface area contributed by atoms with Gasteiger partial charge in [-0.2, -0.15) is 12.8 Å². The molecule has 2 amide bonds. The Morgan fingerprint density at radius 3 is 1.30 bits per heavy atom. The summed E-state index contributed by atoms with van der Waals surface area (Å²) in [5.41, 5.74) is 21.5. The molecule has 0 saturated heterocycles. The minimum Gasteiger partial charge on any atom is -0.492 e. The number of carbonyl (C=O) groups excluding carboxylic acids is 2. The first-order chi connectivity index (χ1) is 35.3. The molecule has 0 aliphatic carbocycles. The van der Waals surface area contributed by atoms with E-state index in [9.17, 15) is 34.8 Å². The minimum atomic E-state index is -3.72. The molecule has 0 bridgehead atoms. The van der Waals surface area contributed by atoms with Crippen molar-refractivity contribution in [2.45, 2.75) is 107 Å². The average molecular weight is 1220 g/mol. The van der Waals surface area contributed by atoms with E-state index in [1.165, 1.54) is 0 Å². The lowest BCUT2D eigenvalue weighted by Crippen LogP contribution is -2.37. The number of hydrogen-bond donors (Lipinski definition) is 5. The number of carbonyl (C=O) groups is 2. The highest BCUT2D eigenvalue weighted by Gasteiger charge is 2.31. The predicted molar refractivity (Wildman–Crippen MR) is 312 cm³/mol. The van der Waals surface area contributed by atoms with E-state index in [1.807, 2.05) is 64.5 Å². The van der Waals surface area contributed by atoms with Crippen LogP contribution in [-0.2, 0) is 55.6 Å². The fourth-order valence-electron chi connectivity index (χ4n) is 6.86. The van der Waals surface area contributed by atoms with E-state index in [-0.39, 0.29) is 56.5 Å². The Morgan fingerprint density at radius 1 is 0.570 bits per heavy atom. The Morgan fingerprint density at radius 2 is 0.899 bits per heavy atom. The number of rotatable bonds is 9. The summed E-state index contributed by atoms with van der Waals surface area (Å²) in [6, 6.07) is 20.9. The molecule has 3 aliphatic rings. The second-order valence-corrected chi connectivity index (χ2v) is 31.7. The van der Waals surface area contributed by atoms with Crippen molar-refractivity contribution in [2.75, 3.05) is 32.2 Å². The van der Waals surface area contributed by atoms with E-state index in [2.05, 4.69) is 71.7 Å². The van der Waals surface area contributed by atoms with Crippen molar-refractivity contribution in [2.24, 2.45) is 41.9 Å². The third-order valence-corrected chi connectivity index (χ3v) is 13.5. The molecule has 0 saturated carbocycles. The number of nitrogen functional groups attached to an aromatic ring is 1. The summed E-state index contributed by atoms with van der Waals surface area (Å²) in [7, 11) is -5.62. The average Bonchev–Trinajstić information content (AvgIpc) is 3.23. The summed E-state index contributed by atoms with van der Waals surface area (Å²) in [5, 5.41) is 0. The predicted octanol–water partition coefficient (Wildman–Crippen LogP) is 8.77. The maximum absolute atomic E-state index is 11.9. The molecule has 0 unspecified atom stereocenters. The largest absolute Gasteiger partial charge is 0.492 e. The molecule has 440 valence electrons. The molecule has 0 atom stereocenters. The Labute approximate surface area is 475 Å². The molecule has 0 radical (unpaired) electrons. The molecule has 0 spiro atoms. The molecule has 4 aromatic rings. The van der Waals surface area contributed by atoms with E-state index in [0.717, 1.165) is 11.1 Å². The lowest BCUT2D eigenvalue weighted by Gasteiger charge is -2.23. The summed E-state index contributed by atoms with van der Waals surface area (Å²) < 4.78 is 120. The van der Waals surface area contributed by atoms with Crippen LogP contribution in [0.3, 0.4) is 0 Å². The van der Waals surface area contributed by atoms with Gasteiger partial charge in [0.1, 0.15) is 34.4 Å². The van der Waals surface area contributed by atoms with Crippen LogP contribution in [0.4, 0.5) is 5.69 Å². The van der Waals surface area contributed by atoms with E-state index in [1.54, 1.807) is 61.5 Å². The third-order valence-electron chi connectivity index (χ3n) is 9.91. The highest BCUT2D eigenvalue weighted by atomic mass is 36.0. The third kappa shape index (κ3) is 24.7. The van der Waals surface area contributed by atoms with Crippen LogP contribution in [0.2, 0.25) is 0 Å². The highest BCUT2D eigenvalue weighted by molar-refractivity contribution is 8.31. The topological polar surface area (TPSA) is 357 Å². The number of nitrogens with one attached hydrogen (secondary N) is 1. The Hall–Kier alpha value is -5.70. The normalized spacial score (nSPS) is 15.7.